The first-order chi connectivity index (χ1) is 11.0. The molecule has 0 radical (unpaired) electrons. The molecule has 0 saturated carbocycles. The highest BCUT2D eigenvalue weighted by atomic mass is 35.5. The Morgan fingerprint density at radius 2 is 2.17 bits per heavy atom. The number of carbonyl (C=O) groups excluding carboxylic acids is 1. The third kappa shape index (κ3) is 2.78. The van der Waals surface area contributed by atoms with E-state index in [-0.39, 0.29) is 16.8 Å². The zero-order chi connectivity index (χ0) is 16.6. The van der Waals surface area contributed by atoms with Gasteiger partial charge in [-0.15, -0.1) is 0 Å². The smallest absolute Gasteiger partial charge is 0.272 e. The predicted octanol–water partition coefficient (Wildman–Crippen LogP) is 2.25. The topological polar surface area (TPSA) is 88.5 Å². The quantitative estimate of drug-likeness (QED) is 0.770. The maximum Gasteiger partial charge on any atom is 0.272 e. The van der Waals surface area contributed by atoms with Crippen molar-refractivity contribution in [1.29, 1.82) is 0 Å². The van der Waals surface area contributed by atoms with Gasteiger partial charge in [0, 0.05) is 23.0 Å². The van der Waals surface area contributed by atoms with Crippen LogP contribution in [0.1, 0.15) is 16.1 Å². The molecule has 0 aliphatic rings. The first kappa shape index (κ1) is 15.1. The summed E-state index contributed by atoms with van der Waals surface area (Å²) in [5.41, 5.74) is 1.18. The third-order valence-electron chi connectivity index (χ3n) is 3.28. The number of methoxy groups -OCH3 is 1. The van der Waals surface area contributed by atoms with Crippen molar-refractivity contribution in [3.8, 4) is 5.75 Å². The van der Waals surface area contributed by atoms with Crippen molar-refractivity contribution in [3.63, 3.8) is 0 Å². The van der Waals surface area contributed by atoms with Crippen LogP contribution in [0.3, 0.4) is 0 Å². The number of aromatic nitrogens is 3. The minimum Gasteiger partial charge on any atom is -0.495 e. The summed E-state index contributed by atoms with van der Waals surface area (Å²) in [5, 5.41) is 5.89. The summed E-state index contributed by atoms with van der Waals surface area (Å²) in [6.07, 6.45) is 1.43. The molecule has 0 fully saturated rings. The van der Waals surface area contributed by atoms with E-state index < -0.39 is 5.91 Å². The Balaban J connectivity index is 2.02. The van der Waals surface area contributed by atoms with Gasteiger partial charge in [-0.2, -0.15) is 0 Å². The summed E-state index contributed by atoms with van der Waals surface area (Å²) in [6.45, 7) is 1.69. The highest BCUT2D eigenvalue weighted by Crippen LogP contribution is 2.28. The van der Waals surface area contributed by atoms with E-state index in [0.717, 1.165) is 0 Å². The van der Waals surface area contributed by atoms with Crippen molar-refractivity contribution < 1.29 is 9.53 Å². The molecule has 0 aliphatic heterocycles. The number of rotatable bonds is 3. The summed E-state index contributed by atoms with van der Waals surface area (Å²) in [4.78, 5) is 28.6. The molecule has 2 N–H and O–H groups in total. The van der Waals surface area contributed by atoms with Crippen LogP contribution in [0.15, 0.2) is 35.3 Å². The van der Waals surface area contributed by atoms with Crippen LogP contribution in [-0.2, 0) is 0 Å². The molecule has 7 nitrogen and oxygen atoms in total. The number of hydrogen-bond donors (Lipinski definition) is 2. The molecular weight excluding hydrogens is 320 g/mol. The number of H-pyrrole nitrogens is 1. The molecule has 118 valence electrons. The summed E-state index contributed by atoms with van der Waals surface area (Å²) in [6, 6.07) is 6.27. The number of nitrogens with zero attached hydrogens (tertiary/aromatic N) is 2. The molecule has 0 saturated heterocycles. The van der Waals surface area contributed by atoms with Crippen LogP contribution in [0.4, 0.5) is 5.69 Å². The number of hydrogen-bond acceptors (Lipinski definition) is 4. The van der Waals surface area contributed by atoms with E-state index >= 15 is 0 Å². The average molecular weight is 333 g/mol. The lowest BCUT2D eigenvalue weighted by atomic mass is 10.2. The van der Waals surface area contributed by atoms with Crippen molar-refractivity contribution in [2.24, 2.45) is 0 Å². The van der Waals surface area contributed by atoms with Crippen LogP contribution < -0.4 is 15.6 Å². The lowest BCUT2D eigenvalue weighted by Gasteiger charge is -2.10. The number of aryl methyl sites for hydroxylation is 1. The van der Waals surface area contributed by atoms with Crippen LogP contribution in [0, 0.1) is 6.92 Å². The van der Waals surface area contributed by atoms with Crippen molar-refractivity contribution in [3.05, 3.63) is 57.1 Å². The van der Waals surface area contributed by atoms with Crippen molar-refractivity contribution >= 4 is 28.8 Å². The molecular formula is C15H13ClN4O3. The lowest BCUT2D eigenvalue weighted by Crippen LogP contribution is -2.17. The van der Waals surface area contributed by atoms with E-state index in [1.807, 2.05) is 0 Å². The van der Waals surface area contributed by atoms with Gasteiger partial charge < -0.3 is 10.1 Å². The highest BCUT2D eigenvalue weighted by Gasteiger charge is 2.17. The van der Waals surface area contributed by atoms with E-state index in [1.54, 1.807) is 25.1 Å². The van der Waals surface area contributed by atoms with Crippen LogP contribution in [0.2, 0.25) is 5.02 Å². The first-order valence-electron chi connectivity index (χ1n) is 6.72. The lowest BCUT2D eigenvalue weighted by molar-refractivity contribution is 0.102. The summed E-state index contributed by atoms with van der Waals surface area (Å²) < 4.78 is 6.40. The average Bonchev–Trinajstić information content (AvgIpc) is 2.91. The molecule has 1 amide bonds. The zero-order valence-electron chi connectivity index (χ0n) is 12.4. The molecule has 3 aromatic rings. The largest absolute Gasteiger partial charge is 0.495 e. The molecule has 8 heteroatoms. The molecule has 2 aromatic heterocycles. The number of aromatic amines is 1. The zero-order valence-corrected chi connectivity index (χ0v) is 13.1. The van der Waals surface area contributed by atoms with Crippen molar-refractivity contribution in [2.75, 3.05) is 12.4 Å². The van der Waals surface area contributed by atoms with Crippen LogP contribution in [0.5, 0.6) is 5.75 Å². The Bertz CT molecular complexity index is 961. The van der Waals surface area contributed by atoms with Gasteiger partial charge in [0.2, 0.25) is 0 Å². The number of anilines is 1. The second kappa shape index (κ2) is 5.77. The SMILES string of the molecule is COc1ccc(Cl)cc1NC(=O)c1c[nH]n2c(=O)cc(C)nc12. The predicted molar refractivity (Wildman–Crippen MR) is 86.5 cm³/mol. The second-order valence-electron chi connectivity index (χ2n) is 4.88. The fourth-order valence-corrected chi connectivity index (χ4v) is 2.40. The normalized spacial score (nSPS) is 10.7. The standard InChI is InChI=1S/C15H13ClN4O3/c1-8-5-13(21)20-14(18-8)10(7-17-20)15(22)19-11-6-9(16)3-4-12(11)23-2/h3-7,17H,1-2H3,(H,19,22). The molecule has 0 bridgehead atoms. The molecule has 0 spiro atoms. The van der Waals surface area contributed by atoms with Crippen LogP contribution >= 0.6 is 11.6 Å². The molecule has 0 atom stereocenters. The molecule has 23 heavy (non-hydrogen) atoms. The van der Waals surface area contributed by atoms with E-state index in [1.165, 1.54) is 23.9 Å². The Kier molecular flexibility index (Phi) is 3.79. The fraction of sp³-hybridized carbons (Fsp3) is 0.133. The van der Waals surface area contributed by atoms with E-state index in [2.05, 4.69) is 15.4 Å². The molecule has 3 rings (SSSR count). The number of benzene rings is 1. The van der Waals surface area contributed by atoms with Gasteiger partial charge in [-0.1, -0.05) is 11.6 Å². The van der Waals surface area contributed by atoms with Crippen LogP contribution in [0.25, 0.3) is 5.65 Å². The van der Waals surface area contributed by atoms with E-state index in [4.69, 9.17) is 16.3 Å². The van der Waals surface area contributed by atoms with Gasteiger partial charge in [0.15, 0.2) is 5.65 Å². The maximum atomic E-state index is 12.5. The van der Waals surface area contributed by atoms with Gasteiger partial charge in [-0.25, -0.2) is 9.50 Å². The van der Waals surface area contributed by atoms with Gasteiger partial charge in [0.25, 0.3) is 11.5 Å². The number of halogens is 1. The maximum absolute atomic E-state index is 12.5. The van der Waals surface area contributed by atoms with Gasteiger partial charge >= 0.3 is 0 Å². The van der Waals surface area contributed by atoms with Gasteiger partial charge in [0.1, 0.15) is 11.3 Å². The summed E-state index contributed by atoms with van der Waals surface area (Å²) >= 11 is 5.95. The van der Waals surface area contributed by atoms with E-state index in [9.17, 15) is 9.59 Å². The number of fused-ring (bicyclic) bond motifs is 1. The fourth-order valence-electron chi connectivity index (χ4n) is 2.23. The number of ether oxygens (including phenoxy) is 1. The van der Waals surface area contributed by atoms with Crippen molar-refractivity contribution in [1.82, 2.24) is 14.6 Å². The van der Waals surface area contributed by atoms with E-state index in [0.29, 0.717) is 22.2 Å². The molecule has 2 heterocycles. The molecule has 0 aliphatic carbocycles. The van der Waals surface area contributed by atoms with Crippen molar-refractivity contribution in [2.45, 2.75) is 6.92 Å². The van der Waals surface area contributed by atoms with Gasteiger partial charge in [-0.05, 0) is 25.1 Å². The minimum absolute atomic E-state index is 0.243. The third-order valence-corrected chi connectivity index (χ3v) is 3.52. The number of amides is 1. The van der Waals surface area contributed by atoms with Crippen LogP contribution in [-0.4, -0.2) is 27.6 Å². The second-order valence-corrected chi connectivity index (χ2v) is 5.32. The highest BCUT2D eigenvalue weighted by molar-refractivity contribution is 6.31. The Labute approximate surface area is 135 Å². The summed E-state index contributed by atoms with van der Waals surface area (Å²) in [5.74, 6) is 0.0470. The Hall–Kier alpha value is -2.80. The number of nitrogens with one attached hydrogen (secondary N) is 2. The Morgan fingerprint density at radius 1 is 1.39 bits per heavy atom. The Morgan fingerprint density at radius 3 is 2.91 bits per heavy atom. The minimum atomic E-state index is -0.429. The number of carbonyl (C=O) groups is 1. The first-order valence-corrected chi connectivity index (χ1v) is 7.10. The van der Waals surface area contributed by atoms with Gasteiger partial charge in [0.05, 0.1) is 12.8 Å². The monoisotopic (exact) mass is 332 g/mol. The molecule has 0 unspecified atom stereocenters. The summed E-state index contributed by atoms with van der Waals surface area (Å²) in [7, 11) is 1.50. The molecule has 1 aromatic carbocycles. The van der Waals surface area contributed by atoms with Gasteiger partial charge in [-0.3, -0.25) is 14.7 Å².